The SMILES string of the molecule is FC1C2C=CC(C2)C1(F)OC(F)(F)F. The van der Waals surface area contributed by atoms with E-state index in [0.29, 0.717) is 0 Å². The van der Waals surface area contributed by atoms with E-state index in [-0.39, 0.29) is 6.42 Å². The predicted molar refractivity (Wildman–Crippen MR) is 36.6 cm³/mol. The Bertz CT molecular complexity index is 273. The normalized spacial score (nSPS) is 46.2. The fourth-order valence-electron chi connectivity index (χ4n) is 2.04. The molecule has 14 heavy (non-hydrogen) atoms. The van der Waals surface area contributed by atoms with Crippen LogP contribution in [0.5, 0.6) is 0 Å². The zero-order valence-electron chi connectivity index (χ0n) is 6.89. The summed E-state index contributed by atoms with van der Waals surface area (Å²) in [5.41, 5.74) is 0. The van der Waals surface area contributed by atoms with Gasteiger partial charge < -0.3 is 0 Å². The fourth-order valence-corrected chi connectivity index (χ4v) is 2.04. The summed E-state index contributed by atoms with van der Waals surface area (Å²) in [5.74, 6) is -5.13. The van der Waals surface area contributed by atoms with Gasteiger partial charge in [-0.2, -0.15) is 0 Å². The van der Waals surface area contributed by atoms with Crippen molar-refractivity contribution >= 4 is 0 Å². The zero-order valence-corrected chi connectivity index (χ0v) is 6.89. The molecule has 0 heterocycles. The largest absolute Gasteiger partial charge is 0.525 e. The maximum Gasteiger partial charge on any atom is 0.525 e. The van der Waals surface area contributed by atoms with Crippen LogP contribution in [0.1, 0.15) is 6.42 Å². The minimum Gasteiger partial charge on any atom is -0.250 e. The second-order valence-electron chi connectivity index (χ2n) is 3.54. The van der Waals surface area contributed by atoms with Gasteiger partial charge in [-0.1, -0.05) is 12.2 Å². The standard InChI is InChI=1S/C8H7F5O/c9-6-4-1-2-5(3-4)7(6,10)14-8(11,12)13/h1-2,4-6H,3H2. The summed E-state index contributed by atoms with van der Waals surface area (Å²) in [5, 5.41) is 0. The van der Waals surface area contributed by atoms with Crippen LogP contribution in [0.3, 0.4) is 0 Å². The van der Waals surface area contributed by atoms with Gasteiger partial charge in [0, 0.05) is 11.8 Å². The molecule has 0 aromatic carbocycles. The lowest BCUT2D eigenvalue weighted by atomic mass is 10.00. The lowest BCUT2D eigenvalue weighted by molar-refractivity contribution is -0.406. The van der Waals surface area contributed by atoms with Crippen LogP contribution < -0.4 is 0 Å². The number of halogens is 5. The average molecular weight is 214 g/mol. The van der Waals surface area contributed by atoms with Crippen LogP contribution in [0.15, 0.2) is 12.2 Å². The second kappa shape index (κ2) is 2.68. The molecule has 0 saturated heterocycles. The minimum absolute atomic E-state index is 0.0494. The molecule has 1 fully saturated rings. The molecule has 0 N–H and O–H groups in total. The first-order valence-corrected chi connectivity index (χ1v) is 4.11. The number of allylic oxidation sites excluding steroid dienone is 1. The maximum atomic E-state index is 13.5. The molecule has 2 bridgehead atoms. The molecule has 0 aromatic heterocycles. The summed E-state index contributed by atoms with van der Waals surface area (Å²) < 4.78 is 65.3. The number of fused-ring (bicyclic) bond motifs is 2. The van der Waals surface area contributed by atoms with E-state index in [9.17, 15) is 22.0 Å². The fraction of sp³-hybridized carbons (Fsp3) is 0.750. The molecule has 6 heteroatoms. The maximum absolute atomic E-state index is 13.5. The van der Waals surface area contributed by atoms with Crippen molar-refractivity contribution in [3.8, 4) is 0 Å². The molecular weight excluding hydrogens is 207 g/mol. The summed E-state index contributed by atoms with van der Waals surface area (Å²) in [7, 11) is 0. The van der Waals surface area contributed by atoms with Crippen LogP contribution in [0.2, 0.25) is 0 Å². The van der Waals surface area contributed by atoms with Crippen molar-refractivity contribution < 1.29 is 26.7 Å². The second-order valence-corrected chi connectivity index (χ2v) is 3.54. The van der Waals surface area contributed by atoms with Gasteiger partial charge in [0.05, 0.1) is 0 Å². The highest BCUT2D eigenvalue weighted by Gasteiger charge is 2.63. The van der Waals surface area contributed by atoms with E-state index in [4.69, 9.17) is 0 Å². The molecule has 0 amide bonds. The van der Waals surface area contributed by atoms with Crippen LogP contribution in [0, 0.1) is 11.8 Å². The smallest absolute Gasteiger partial charge is 0.250 e. The van der Waals surface area contributed by atoms with Gasteiger partial charge in [0.15, 0.2) is 6.17 Å². The molecule has 0 spiro atoms. The monoisotopic (exact) mass is 214 g/mol. The molecule has 0 aromatic rings. The average Bonchev–Trinajstić information content (AvgIpc) is 2.52. The Morgan fingerprint density at radius 3 is 2.36 bits per heavy atom. The molecule has 2 aliphatic rings. The molecule has 1 saturated carbocycles. The number of rotatable bonds is 1. The molecule has 2 aliphatic carbocycles. The summed E-state index contributed by atoms with van der Waals surface area (Å²) in [6.45, 7) is 0. The van der Waals surface area contributed by atoms with E-state index in [1.807, 2.05) is 0 Å². The first kappa shape index (κ1) is 9.89. The Morgan fingerprint density at radius 1 is 1.29 bits per heavy atom. The molecule has 4 unspecified atom stereocenters. The number of hydrogen-bond acceptors (Lipinski definition) is 1. The Hall–Kier alpha value is -0.650. The lowest BCUT2D eigenvalue weighted by Gasteiger charge is -2.30. The zero-order chi connectivity index (χ0) is 10.6. The van der Waals surface area contributed by atoms with Crippen LogP contribution in [0.4, 0.5) is 22.0 Å². The van der Waals surface area contributed by atoms with Gasteiger partial charge in [-0.15, -0.1) is 13.2 Å². The van der Waals surface area contributed by atoms with Crippen molar-refractivity contribution in [1.82, 2.24) is 0 Å². The highest BCUT2D eigenvalue weighted by Crippen LogP contribution is 2.52. The molecule has 80 valence electrons. The van der Waals surface area contributed by atoms with Gasteiger partial charge in [-0.3, -0.25) is 4.74 Å². The first-order valence-electron chi connectivity index (χ1n) is 4.11. The van der Waals surface area contributed by atoms with Crippen molar-refractivity contribution in [1.29, 1.82) is 0 Å². The van der Waals surface area contributed by atoms with Crippen molar-refractivity contribution in [3.05, 3.63) is 12.2 Å². The summed E-state index contributed by atoms with van der Waals surface area (Å²) >= 11 is 0. The van der Waals surface area contributed by atoms with Gasteiger partial charge in [0.25, 0.3) is 5.85 Å². The van der Waals surface area contributed by atoms with Crippen molar-refractivity contribution in [2.45, 2.75) is 24.8 Å². The van der Waals surface area contributed by atoms with E-state index in [1.54, 1.807) is 0 Å². The van der Waals surface area contributed by atoms with Gasteiger partial charge in [-0.25, -0.2) is 8.78 Å². The molecule has 4 atom stereocenters. The van der Waals surface area contributed by atoms with Gasteiger partial charge in [-0.05, 0) is 6.42 Å². The number of ether oxygens (including phenoxy) is 1. The van der Waals surface area contributed by atoms with E-state index < -0.39 is 30.2 Å². The van der Waals surface area contributed by atoms with Crippen LogP contribution >= 0.6 is 0 Å². The van der Waals surface area contributed by atoms with Gasteiger partial charge in [0.2, 0.25) is 0 Å². The van der Waals surface area contributed by atoms with Crippen molar-refractivity contribution in [2.24, 2.45) is 11.8 Å². The van der Waals surface area contributed by atoms with E-state index in [0.717, 1.165) is 0 Å². The van der Waals surface area contributed by atoms with Crippen molar-refractivity contribution in [3.63, 3.8) is 0 Å². The Labute approximate surface area is 76.5 Å². The third-order valence-corrected chi connectivity index (χ3v) is 2.65. The topological polar surface area (TPSA) is 9.23 Å². The highest BCUT2D eigenvalue weighted by atomic mass is 19.4. The Kier molecular flexibility index (Phi) is 1.90. The van der Waals surface area contributed by atoms with Crippen LogP contribution in [-0.4, -0.2) is 18.4 Å². The van der Waals surface area contributed by atoms with E-state index in [1.165, 1.54) is 12.2 Å². The van der Waals surface area contributed by atoms with Gasteiger partial charge in [0.1, 0.15) is 0 Å². The van der Waals surface area contributed by atoms with E-state index in [2.05, 4.69) is 4.74 Å². The summed E-state index contributed by atoms with van der Waals surface area (Å²) in [6, 6.07) is 0. The van der Waals surface area contributed by atoms with Crippen molar-refractivity contribution in [2.75, 3.05) is 0 Å². The quantitative estimate of drug-likeness (QED) is 0.481. The Balaban J connectivity index is 2.20. The molecule has 1 nitrogen and oxygen atoms in total. The van der Waals surface area contributed by atoms with E-state index >= 15 is 0 Å². The Morgan fingerprint density at radius 2 is 1.93 bits per heavy atom. The van der Waals surface area contributed by atoms with Crippen LogP contribution in [-0.2, 0) is 4.74 Å². The first-order chi connectivity index (χ1) is 6.33. The minimum atomic E-state index is -5.14. The van der Waals surface area contributed by atoms with Crippen LogP contribution in [0.25, 0.3) is 0 Å². The van der Waals surface area contributed by atoms with Gasteiger partial charge >= 0.3 is 6.36 Å². The third kappa shape index (κ3) is 1.32. The molecule has 0 aliphatic heterocycles. The summed E-state index contributed by atoms with van der Waals surface area (Å²) in [4.78, 5) is 0. The summed E-state index contributed by atoms with van der Waals surface area (Å²) in [6.07, 6.45) is -4.68. The predicted octanol–water partition coefficient (Wildman–Crippen LogP) is 2.73. The molecule has 0 radical (unpaired) electrons. The molecule has 2 rings (SSSR count). The number of hydrogen-bond donors (Lipinski definition) is 0. The lowest BCUT2D eigenvalue weighted by Crippen LogP contribution is -2.45. The third-order valence-electron chi connectivity index (χ3n) is 2.65. The number of alkyl halides is 5. The molecular formula is C8H7F5O. The highest BCUT2D eigenvalue weighted by molar-refractivity contribution is 5.18.